The van der Waals surface area contributed by atoms with Crippen molar-refractivity contribution in [3.05, 3.63) is 122 Å². The Bertz CT molecular complexity index is 2090. The molecule has 0 amide bonds. The zero-order valence-electron chi connectivity index (χ0n) is 31.0. The minimum atomic E-state index is -0.0823. The van der Waals surface area contributed by atoms with Gasteiger partial charge in [-0.2, -0.15) is 6.07 Å². The van der Waals surface area contributed by atoms with Crippen LogP contribution in [0.2, 0.25) is 0 Å². The molecule has 0 aliphatic heterocycles. The van der Waals surface area contributed by atoms with Crippen molar-refractivity contribution >= 4 is 16.8 Å². The van der Waals surface area contributed by atoms with Gasteiger partial charge in [-0.3, -0.25) is 0 Å². The summed E-state index contributed by atoms with van der Waals surface area (Å²) in [7, 11) is 1.84. The molecule has 0 aromatic heterocycles. The number of fused-ring (bicyclic) bond motifs is 3. The third-order valence-corrected chi connectivity index (χ3v) is 11.0. The molecule has 2 aliphatic rings. The maximum atomic E-state index is 6.34. The van der Waals surface area contributed by atoms with Gasteiger partial charge in [0.15, 0.2) is 0 Å². The number of ether oxygens (including phenoxy) is 1. The zero-order chi connectivity index (χ0) is 33.6. The Morgan fingerprint density at radius 3 is 2.10 bits per heavy atom. The van der Waals surface area contributed by atoms with Crippen LogP contribution < -0.4 is 4.74 Å². The first kappa shape index (κ1) is 34.8. The second-order valence-corrected chi connectivity index (χ2v) is 16.5. The molecule has 0 spiro atoms. The molecular formula is C46H51OZr-. The Morgan fingerprint density at radius 1 is 0.771 bits per heavy atom. The number of methoxy groups -OCH3 is 1. The molecule has 1 atom stereocenters. The summed E-state index contributed by atoms with van der Waals surface area (Å²) in [5.74, 6) is 1.24. The summed E-state index contributed by atoms with van der Waals surface area (Å²) in [6.45, 7) is 23.0. The number of allylic oxidation sites excluding steroid dienone is 1. The molecule has 2 aliphatic carbocycles. The van der Waals surface area contributed by atoms with Gasteiger partial charge in [0.1, 0.15) is 5.75 Å². The average Bonchev–Trinajstić information content (AvgIpc) is 3.68. The summed E-state index contributed by atoms with van der Waals surface area (Å²) in [5, 5.41) is 2.67. The molecule has 0 radical (unpaired) electrons. The summed E-state index contributed by atoms with van der Waals surface area (Å²) in [6.07, 6.45) is 6.10. The van der Waals surface area contributed by atoms with Crippen LogP contribution in [0.3, 0.4) is 0 Å². The Balaban J connectivity index is 0.00000401. The Morgan fingerprint density at radius 2 is 1.48 bits per heavy atom. The average molecular weight is 711 g/mol. The first-order valence-corrected chi connectivity index (χ1v) is 17.6. The quantitative estimate of drug-likeness (QED) is 0.169. The molecule has 2 heteroatoms. The predicted octanol–water partition coefficient (Wildman–Crippen LogP) is 12.5. The van der Waals surface area contributed by atoms with E-state index in [1.54, 1.807) is 11.1 Å². The van der Waals surface area contributed by atoms with E-state index in [2.05, 4.69) is 136 Å². The van der Waals surface area contributed by atoms with E-state index in [1.807, 2.05) is 7.11 Å². The van der Waals surface area contributed by atoms with Crippen LogP contribution in [0.15, 0.2) is 66.2 Å². The number of hydrogen-bond donors (Lipinski definition) is 0. The molecule has 1 unspecified atom stereocenters. The van der Waals surface area contributed by atoms with Gasteiger partial charge in [0.05, 0.1) is 7.11 Å². The van der Waals surface area contributed by atoms with Crippen LogP contribution in [0.25, 0.3) is 39.1 Å². The van der Waals surface area contributed by atoms with Crippen molar-refractivity contribution in [2.24, 2.45) is 0 Å². The first-order chi connectivity index (χ1) is 22.2. The van der Waals surface area contributed by atoms with Crippen molar-refractivity contribution < 1.29 is 30.9 Å². The molecule has 5 aromatic carbocycles. The van der Waals surface area contributed by atoms with Crippen molar-refractivity contribution in [3.63, 3.8) is 0 Å². The number of rotatable bonds is 4. The molecule has 0 saturated heterocycles. The van der Waals surface area contributed by atoms with Crippen molar-refractivity contribution in [2.45, 2.75) is 105 Å². The Kier molecular flexibility index (Phi) is 8.95. The summed E-state index contributed by atoms with van der Waals surface area (Å²) in [6, 6.07) is 23.8. The monoisotopic (exact) mass is 709 g/mol. The molecular weight excluding hydrogens is 660 g/mol. The number of aryl methyl sites for hydroxylation is 4. The molecule has 1 nitrogen and oxygen atoms in total. The van der Waals surface area contributed by atoms with Crippen molar-refractivity contribution in [2.75, 3.05) is 7.11 Å². The van der Waals surface area contributed by atoms with E-state index < -0.39 is 0 Å². The van der Waals surface area contributed by atoms with Crippen LogP contribution in [0, 0.1) is 20.8 Å². The fourth-order valence-corrected chi connectivity index (χ4v) is 8.66. The fraction of sp³-hybridized carbons (Fsp3) is 0.370. The maximum absolute atomic E-state index is 6.34. The van der Waals surface area contributed by atoms with Gasteiger partial charge in [0, 0.05) is 26.2 Å². The normalized spacial score (nSPS) is 15.7. The van der Waals surface area contributed by atoms with Crippen molar-refractivity contribution in [1.29, 1.82) is 0 Å². The molecule has 0 N–H and O–H groups in total. The molecule has 0 bridgehead atoms. The fourth-order valence-electron chi connectivity index (χ4n) is 8.66. The van der Waals surface area contributed by atoms with Gasteiger partial charge in [0.2, 0.25) is 0 Å². The Hall–Kier alpha value is -3.09. The van der Waals surface area contributed by atoms with E-state index in [4.69, 9.17) is 4.74 Å². The van der Waals surface area contributed by atoms with Gasteiger partial charge in [-0.15, -0.1) is 28.0 Å². The second kappa shape index (κ2) is 12.4. The number of benzene rings is 4. The van der Waals surface area contributed by atoms with Crippen LogP contribution in [-0.4, -0.2) is 7.11 Å². The zero-order valence-corrected chi connectivity index (χ0v) is 33.4. The molecule has 0 saturated carbocycles. The molecule has 0 heterocycles. The van der Waals surface area contributed by atoms with Gasteiger partial charge >= 0.3 is 0 Å². The van der Waals surface area contributed by atoms with Crippen LogP contribution in [0.1, 0.15) is 116 Å². The van der Waals surface area contributed by atoms with Crippen LogP contribution in [0.5, 0.6) is 5.75 Å². The van der Waals surface area contributed by atoms with E-state index in [9.17, 15) is 0 Å². The minimum absolute atomic E-state index is 0. The van der Waals surface area contributed by atoms with E-state index in [0.29, 0.717) is 0 Å². The van der Waals surface area contributed by atoms with E-state index in [0.717, 1.165) is 5.75 Å². The van der Waals surface area contributed by atoms with Gasteiger partial charge in [-0.05, 0) is 118 Å². The Labute approximate surface area is 308 Å². The van der Waals surface area contributed by atoms with E-state index >= 15 is 0 Å². The third kappa shape index (κ3) is 5.61. The topological polar surface area (TPSA) is 9.23 Å². The first-order valence-electron chi connectivity index (χ1n) is 17.6. The van der Waals surface area contributed by atoms with Gasteiger partial charge in [-0.1, -0.05) is 114 Å². The van der Waals surface area contributed by atoms with Crippen LogP contribution in [-0.2, 0) is 49.9 Å². The molecule has 5 aromatic rings. The van der Waals surface area contributed by atoms with Crippen LogP contribution in [0.4, 0.5) is 0 Å². The molecule has 7 rings (SSSR count). The summed E-state index contributed by atoms with van der Waals surface area (Å²) < 4.78 is 6.34. The largest absolute Gasteiger partial charge is 0.498 e. The maximum Gasteiger partial charge on any atom is 0.111 e. The predicted molar refractivity (Wildman–Crippen MR) is 203 cm³/mol. The van der Waals surface area contributed by atoms with Crippen molar-refractivity contribution in [3.8, 4) is 28.0 Å². The summed E-state index contributed by atoms with van der Waals surface area (Å²) in [4.78, 5) is 0. The molecule has 48 heavy (non-hydrogen) atoms. The molecule has 0 fully saturated rings. The van der Waals surface area contributed by atoms with Crippen LogP contribution >= 0.6 is 0 Å². The van der Waals surface area contributed by atoms with Gasteiger partial charge < -0.3 is 4.74 Å². The number of hydrogen-bond acceptors (Lipinski definition) is 1. The van der Waals surface area contributed by atoms with E-state index in [1.165, 1.54) is 102 Å². The summed E-state index contributed by atoms with van der Waals surface area (Å²) >= 11 is 0. The molecule has 246 valence electrons. The van der Waals surface area contributed by atoms with E-state index in [-0.39, 0.29) is 43.0 Å². The van der Waals surface area contributed by atoms with Gasteiger partial charge in [0.25, 0.3) is 0 Å². The summed E-state index contributed by atoms with van der Waals surface area (Å²) in [5.41, 5.74) is 20.9. The standard InChI is InChI=1S/C46H51O.Zr/c1-26-15-20-33(27(2)21-26)43-36-23-29(4)41(38(36)25-39(44(43)47-11)46(8,9)10)40-28(3)22-35-37(40)24-31-13-12-14-34(31)42(35)30-16-18-32(19-17-30)45(5,6)7;/h15-25,40H,12-14H2,1-11H3;/q-1;. The second-order valence-electron chi connectivity index (χ2n) is 16.5. The smallest absolute Gasteiger partial charge is 0.111 e. The van der Waals surface area contributed by atoms with Crippen molar-refractivity contribution in [1.82, 2.24) is 0 Å². The SMILES string of the molecule is COc1c(C(C)(C)C)cc2c(cc(C)[c-]2C2C(C)=Cc3c2cc2c(c3-c3ccc(C(C)(C)C)cc3)CCC2)c1-c1ccc(C)cc1C.[Zr]. The third-order valence-electron chi connectivity index (χ3n) is 11.0. The minimum Gasteiger partial charge on any atom is -0.498 e. The van der Waals surface area contributed by atoms with Gasteiger partial charge in [-0.25, -0.2) is 0 Å².